The zero-order chi connectivity index (χ0) is 29.4. The smallest absolute Gasteiger partial charge is 0.426 e. The zero-order valence-electron chi connectivity index (χ0n) is 24.7. The van der Waals surface area contributed by atoms with Crippen molar-refractivity contribution < 1.29 is 23.7 Å². The molecule has 2 aromatic rings. The quantitative estimate of drug-likeness (QED) is 0.374. The highest BCUT2D eigenvalue weighted by Crippen LogP contribution is 2.66. The van der Waals surface area contributed by atoms with E-state index >= 15 is 0 Å². The van der Waals surface area contributed by atoms with Gasteiger partial charge >= 0.3 is 13.1 Å². The summed E-state index contributed by atoms with van der Waals surface area (Å²) in [5, 5.41) is 14.5. The second-order valence-electron chi connectivity index (χ2n) is 12.9. The summed E-state index contributed by atoms with van der Waals surface area (Å²) in [7, 11) is -1.24. The molecule has 4 fully saturated rings. The third kappa shape index (κ3) is 5.89. The number of benzene rings is 2. The number of amides is 3. The molecule has 3 amide bonds. The highest BCUT2D eigenvalue weighted by Gasteiger charge is 2.64. The van der Waals surface area contributed by atoms with Gasteiger partial charge in [0.1, 0.15) is 5.82 Å². The van der Waals surface area contributed by atoms with Crippen LogP contribution < -0.4 is 10.2 Å². The first-order chi connectivity index (χ1) is 19.5. The van der Waals surface area contributed by atoms with Crippen molar-refractivity contribution in [3.8, 4) is 0 Å². The predicted molar refractivity (Wildman–Crippen MR) is 159 cm³/mol. The van der Waals surface area contributed by atoms with Crippen molar-refractivity contribution in [1.29, 1.82) is 0 Å². The lowest BCUT2D eigenvalue weighted by Gasteiger charge is -2.67. The molecule has 5 atom stereocenters. The van der Waals surface area contributed by atoms with E-state index in [1.165, 1.54) is 12.1 Å². The Morgan fingerprint density at radius 1 is 1.12 bits per heavy atom. The van der Waals surface area contributed by atoms with E-state index in [0.29, 0.717) is 37.3 Å². The van der Waals surface area contributed by atoms with Gasteiger partial charge in [0.2, 0.25) is 5.91 Å². The largest absolute Gasteiger partial charge is 0.478 e. The topological polar surface area (TPSA) is 82.1 Å². The second kappa shape index (κ2) is 11.8. The standard InChI is InChI=1S/C32H43BFN3O4/c1-5-23-20-24-21-27(31(24,2)3)32(23,4)41-33(40)28(19-22-11-13-25(34)14-12-22)35-29(38)15-16-36-17-18-37(30(36)39)26-9-7-6-8-10-26/h6-14,23-24,27-28,40H,5,15-21H2,1-4H3,(H,35,38)/t23-,24?,27?,28+,32-/m1/s1. The van der Waals surface area contributed by atoms with Gasteiger partial charge in [0.15, 0.2) is 0 Å². The van der Waals surface area contributed by atoms with E-state index in [1.54, 1.807) is 21.9 Å². The number of nitrogens with one attached hydrogen (secondary N) is 1. The van der Waals surface area contributed by atoms with E-state index in [-0.39, 0.29) is 36.1 Å². The normalized spacial score (nSPS) is 27.4. The van der Waals surface area contributed by atoms with Crippen LogP contribution in [-0.4, -0.2) is 60.2 Å². The Labute approximate surface area is 243 Å². The van der Waals surface area contributed by atoms with Gasteiger partial charge in [0.25, 0.3) is 0 Å². The van der Waals surface area contributed by atoms with Crippen LogP contribution >= 0.6 is 0 Å². The highest BCUT2D eigenvalue weighted by molar-refractivity contribution is 6.45. The van der Waals surface area contributed by atoms with E-state index in [9.17, 15) is 19.0 Å². The van der Waals surface area contributed by atoms with Crippen molar-refractivity contribution >= 4 is 24.7 Å². The maximum atomic E-state index is 13.6. The van der Waals surface area contributed by atoms with E-state index in [4.69, 9.17) is 4.65 Å². The molecule has 4 aliphatic rings. The molecule has 2 unspecified atom stereocenters. The third-order valence-electron chi connectivity index (χ3n) is 10.2. The molecule has 3 saturated carbocycles. The SMILES string of the molecule is CC[C@@H]1CC2CC(C2(C)C)[C@]1(C)OB(O)[C@H](Cc1ccc(F)cc1)NC(=O)CCN1CCN(c2ccccc2)C1=O. The summed E-state index contributed by atoms with van der Waals surface area (Å²) in [6.07, 6.45) is 3.52. The second-order valence-corrected chi connectivity index (χ2v) is 12.9. The molecule has 2 N–H and O–H groups in total. The van der Waals surface area contributed by atoms with Gasteiger partial charge in [0.05, 0.1) is 11.5 Å². The summed E-state index contributed by atoms with van der Waals surface area (Å²) < 4.78 is 20.2. The lowest BCUT2D eigenvalue weighted by atomic mass is 9.41. The molecule has 220 valence electrons. The molecular weight excluding hydrogens is 520 g/mol. The van der Waals surface area contributed by atoms with Gasteiger partial charge in [-0.15, -0.1) is 0 Å². The van der Waals surface area contributed by atoms with Crippen LogP contribution in [0.5, 0.6) is 0 Å². The van der Waals surface area contributed by atoms with Gasteiger partial charge in [0, 0.05) is 31.7 Å². The molecule has 7 nitrogen and oxygen atoms in total. The molecule has 0 radical (unpaired) electrons. The molecule has 0 spiro atoms. The molecule has 0 aromatic heterocycles. The molecule has 2 bridgehead atoms. The molecule has 1 heterocycles. The van der Waals surface area contributed by atoms with Crippen LogP contribution in [0, 0.1) is 29.0 Å². The number of carbonyl (C=O) groups is 2. The average molecular weight is 564 g/mol. The maximum absolute atomic E-state index is 13.6. The monoisotopic (exact) mass is 563 g/mol. The van der Waals surface area contributed by atoms with E-state index < -0.39 is 18.7 Å². The van der Waals surface area contributed by atoms with Crippen LogP contribution in [0.25, 0.3) is 0 Å². The van der Waals surface area contributed by atoms with Gasteiger partial charge in [-0.3, -0.25) is 9.69 Å². The first-order valence-electron chi connectivity index (χ1n) is 15.0. The van der Waals surface area contributed by atoms with Crippen LogP contribution in [0.4, 0.5) is 14.9 Å². The molecular formula is C32H43BFN3O4. The number of nitrogens with zero attached hydrogens (tertiary/aromatic N) is 2. The minimum Gasteiger partial charge on any atom is -0.426 e. The fourth-order valence-corrected chi connectivity index (χ4v) is 7.59. The van der Waals surface area contributed by atoms with Gasteiger partial charge in [-0.2, -0.15) is 0 Å². The van der Waals surface area contributed by atoms with Crippen LogP contribution in [0.3, 0.4) is 0 Å². The predicted octanol–water partition coefficient (Wildman–Crippen LogP) is 5.07. The number of fused-ring (bicyclic) bond motifs is 2. The minimum atomic E-state index is -1.24. The van der Waals surface area contributed by atoms with E-state index in [0.717, 1.165) is 30.5 Å². The fraction of sp³-hybridized carbons (Fsp3) is 0.562. The van der Waals surface area contributed by atoms with E-state index in [1.807, 2.05) is 30.3 Å². The Balaban J connectivity index is 1.25. The van der Waals surface area contributed by atoms with Gasteiger partial charge < -0.3 is 19.9 Å². The van der Waals surface area contributed by atoms with Crippen molar-refractivity contribution in [3.05, 3.63) is 66.0 Å². The number of urea groups is 1. The van der Waals surface area contributed by atoms with E-state index in [2.05, 4.69) is 33.0 Å². The number of hydrogen-bond acceptors (Lipinski definition) is 4. The summed E-state index contributed by atoms with van der Waals surface area (Å²) in [6, 6.07) is 15.5. The van der Waals surface area contributed by atoms with Crippen LogP contribution in [0.1, 0.15) is 58.9 Å². The minimum absolute atomic E-state index is 0.104. The first-order valence-corrected chi connectivity index (χ1v) is 15.0. The molecule has 1 saturated heterocycles. The van der Waals surface area contributed by atoms with Gasteiger partial charge in [-0.05, 0) is 79.2 Å². The number of carbonyl (C=O) groups excluding carboxylic acids is 2. The van der Waals surface area contributed by atoms with Crippen LogP contribution in [0.2, 0.25) is 0 Å². The van der Waals surface area contributed by atoms with Crippen LogP contribution in [0.15, 0.2) is 54.6 Å². The van der Waals surface area contributed by atoms with Gasteiger partial charge in [-0.1, -0.05) is 57.5 Å². The lowest BCUT2D eigenvalue weighted by molar-refractivity contribution is -0.219. The summed E-state index contributed by atoms with van der Waals surface area (Å²) in [6.45, 7) is 10.3. The molecule has 2 aromatic carbocycles. The Morgan fingerprint density at radius 2 is 1.83 bits per heavy atom. The van der Waals surface area contributed by atoms with Gasteiger partial charge in [-0.25, -0.2) is 9.18 Å². The Morgan fingerprint density at radius 3 is 2.49 bits per heavy atom. The average Bonchev–Trinajstić information content (AvgIpc) is 3.32. The van der Waals surface area contributed by atoms with Crippen molar-refractivity contribution in [2.45, 2.75) is 71.3 Å². The summed E-state index contributed by atoms with van der Waals surface area (Å²) >= 11 is 0. The summed E-state index contributed by atoms with van der Waals surface area (Å²) in [5.41, 5.74) is 1.26. The molecule has 9 heteroatoms. The Kier molecular flexibility index (Phi) is 8.49. The number of para-hydroxylation sites is 1. The Hall–Kier alpha value is -2.91. The zero-order valence-corrected chi connectivity index (χ0v) is 24.7. The molecule has 1 aliphatic heterocycles. The molecule has 6 rings (SSSR count). The van der Waals surface area contributed by atoms with Crippen molar-refractivity contribution in [1.82, 2.24) is 10.2 Å². The Bertz CT molecular complexity index is 1230. The molecule has 3 aliphatic carbocycles. The lowest BCUT2D eigenvalue weighted by Crippen LogP contribution is -2.67. The van der Waals surface area contributed by atoms with Crippen molar-refractivity contribution in [2.24, 2.45) is 23.2 Å². The molecule has 41 heavy (non-hydrogen) atoms. The number of anilines is 1. The first kappa shape index (κ1) is 29.6. The number of hydrogen-bond donors (Lipinski definition) is 2. The summed E-state index contributed by atoms with van der Waals surface area (Å²) in [5.74, 6) is -0.0108. The number of halogens is 1. The van der Waals surface area contributed by atoms with Crippen molar-refractivity contribution in [3.63, 3.8) is 0 Å². The maximum Gasteiger partial charge on any atom is 0.478 e. The highest BCUT2D eigenvalue weighted by atomic mass is 19.1. The fourth-order valence-electron chi connectivity index (χ4n) is 7.59. The number of rotatable bonds is 11. The summed E-state index contributed by atoms with van der Waals surface area (Å²) in [4.78, 5) is 29.5. The van der Waals surface area contributed by atoms with Crippen molar-refractivity contribution in [2.75, 3.05) is 24.5 Å². The third-order valence-corrected chi connectivity index (χ3v) is 10.2. The van der Waals surface area contributed by atoms with Crippen LogP contribution in [-0.2, 0) is 15.9 Å².